The molecule has 0 unspecified atom stereocenters. The Hall–Kier alpha value is -1.25. The minimum absolute atomic E-state index is 0.511. The zero-order valence-corrected chi connectivity index (χ0v) is 11.3. The number of hydrogen-bond donors (Lipinski definition) is 0. The van der Waals surface area contributed by atoms with Gasteiger partial charge in [0.1, 0.15) is 0 Å². The summed E-state index contributed by atoms with van der Waals surface area (Å²) in [7, 11) is 0. The van der Waals surface area contributed by atoms with Crippen LogP contribution in [0, 0.1) is 5.92 Å². The zero-order chi connectivity index (χ0) is 14.0. The van der Waals surface area contributed by atoms with Crippen LogP contribution in [0.4, 0.5) is 13.2 Å². The zero-order valence-electron chi connectivity index (χ0n) is 11.3. The Morgan fingerprint density at radius 1 is 0.789 bits per heavy atom. The van der Waals surface area contributed by atoms with Gasteiger partial charge in [-0.05, 0) is 39.5 Å². The standard InChI is InChI=1S/C16H19F3/c1-11-3-7-13(8-4-11)15(16(17,18)19)14-9-5-12(2)6-10-14/h3,5,7,9,15H,4,6,8,10H2,1-2H3. The minimum Gasteiger partial charge on any atom is -0.170 e. The molecule has 2 aliphatic carbocycles. The highest BCUT2D eigenvalue weighted by Gasteiger charge is 2.43. The summed E-state index contributed by atoms with van der Waals surface area (Å²) in [5.41, 5.74) is 3.32. The maximum absolute atomic E-state index is 13.4. The molecule has 0 amide bonds. The van der Waals surface area contributed by atoms with E-state index in [2.05, 4.69) is 0 Å². The van der Waals surface area contributed by atoms with Gasteiger partial charge in [0, 0.05) is 0 Å². The lowest BCUT2D eigenvalue weighted by Crippen LogP contribution is -2.28. The van der Waals surface area contributed by atoms with Crippen molar-refractivity contribution in [3.05, 3.63) is 46.6 Å². The molecule has 3 heteroatoms. The highest BCUT2D eigenvalue weighted by molar-refractivity contribution is 5.35. The molecular weight excluding hydrogens is 249 g/mol. The van der Waals surface area contributed by atoms with Gasteiger partial charge in [-0.25, -0.2) is 0 Å². The van der Waals surface area contributed by atoms with Crippen molar-refractivity contribution in [1.29, 1.82) is 0 Å². The van der Waals surface area contributed by atoms with Crippen LogP contribution in [-0.4, -0.2) is 6.18 Å². The van der Waals surface area contributed by atoms with Crippen LogP contribution in [-0.2, 0) is 0 Å². The van der Waals surface area contributed by atoms with E-state index in [-0.39, 0.29) is 0 Å². The average Bonchev–Trinajstić information content (AvgIpc) is 2.33. The number of alkyl halides is 3. The maximum Gasteiger partial charge on any atom is 0.399 e. The van der Waals surface area contributed by atoms with Crippen molar-refractivity contribution in [2.24, 2.45) is 5.92 Å². The first-order valence-corrected chi connectivity index (χ1v) is 6.67. The molecule has 0 fully saturated rings. The van der Waals surface area contributed by atoms with Crippen molar-refractivity contribution in [3.63, 3.8) is 0 Å². The van der Waals surface area contributed by atoms with Crippen LogP contribution in [0.15, 0.2) is 46.6 Å². The average molecular weight is 268 g/mol. The Kier molecular flexibility index (Phi) is 4.02. The predicted molar refractivity (Wildman–Crippen MR) is 71.7 cm³/mol. The third-order valence-electron chi connectivity index (χ3n) is 3.85. The smallest absolute Gasteiger partial charge is 0.170 e. The van der Waals surface area contributed by atoms with E-state index in [1.54, 1.807) is 12.2 Å². The fourth-order valence-electron chi connectivity index (χ4n) is 2.65. The summed E-state index contributed by atoms with van der Waals surface area (Å²) in [6, 6.07) is 0. The van der Waals surface area contributed by atoms with Crippen LogP contribution in [0.25, 0.3) is 0 Å². The fourth-order valence-corrected chi connectivity index (χ4v) is 2.65. The van der Waals surface area contributed by atoms with Crippen LogP contribution in [0.5, 0.6) is 0 Å². The monoisotopic (exact) mass is 268 g/mol. The van der Waals surface area contributed by atoms with Crippen molar-refractivity contribution in [2.45, 2.75) is 45.7 Å². The third kappa shape index (κ3) is 3.40. The van der Waals surface area contributed by atoms with E-state index >= 15 is 0 Å². The van der Waals surface area contributed by atoms with Crippen molar-refractivity contribution in [1.82, 2.24) is 0 Å². The highest BCUT2D eigenvalue weighted by atomic mass is 19.4. The quantitative estimate of drug-likeness (QED) is 0.620. The Labute approximate surface area is 112 Å². The number of hydrogen-bond acceptors (Lipinski definition) is 0. The summed E-state index contributed by atoms with van der Waals surface area (Å²) < 4.78 is 40.1. The van der Waals surface area contributed by atoms with Crippen molar-refractivity contribution in [2.75, 3.05) is 0 Å². The van der Waals surface area contributed by atoms with Crippen LogP contribution >= 0.6 is 0 Å². The molecule has 0 nitrogen and oxygen atoms in total. The first kappa shape index (κ1) is 14.2. The lowest BCUT2D eigenvalue weighted by molar-refractivity contribution is -0.155. The molecule has 2 rings (SSSR count). The molecule has 2 aliphatic rings. The molecule has 0 aromatic heterocycles. The van der Waals surface area contributed by atoms with E-state index in [4.69, 9.17) is 0 Å². The summed E-state index contributed by atoms with van der Waals surface area (Å²) in [6.07, 6.45) is 5.31. The molecule has 104 valence electrons. The van der Waals surface area contributed by atoms with Gasteiger partial charge in [0.2, 0.25) is 0 Å². The molecule has 0 saturated carbocycles. The summed E-state index contributed by atoms with van der Waals surface area (Å²) in [6.45, 7) is 3.92. The number of rotatable bonds is 2. The van der Waals surface area contributed by atoms with Gasteiger partial charge in [-0.1, -0.05) is 46.6 Å². The lowest BCUT2D eigenvalue weighted by atomic mass is 9.80. The fraction of sp³-hybridized carbons (Fsp3) is 0.500. The van der Waals surface area contributed by atoms with E-state index in [1.165, 1.54) is 0 Å². The van der Waals surface area contributed by atoms with Crippen molar-refractivity contribution in [3.8, 4) is 0 Å². The summed E-state index contributed by atoms with van der Waals surface area (Å²) in [4.78, 5) is 0. The van der Waals surface area contributed by atoms with Crippen LogP contribution in [0.2, 0.25) is 0 Å². The van der Waals surface area contributed by atoms with E-state index < -0.39 is 12.1 Å². The van der Waals surface area contributed by atoms with Crippen molar-refractivity contribution < 1.29 is 13.2 Å². The van der Waals surface area contributed by atoms with E-state index in [1.807, 2.05) is 26.0 Å². The van der Waals surface area contributed by atoms with E-state index in [9.17, 15) is 13.2 Å². The lowest BCUT2D eigenvalue weighted by Gasteiger charge is -2.29. The van der Waals surface area contributed by atoms with Gasteiger partial charge in [0.25, 0.3) is 0 Å². The predicted octanol–water partition coefficient (Wildman–Crippen LogP) is 5.50. The number of halogens is 3. The molecular formula is C16H19F3. The molecule has 0 N–H and O–H groups in total. The van der Waals surface area contributed by atoms with Crippen LogP contribution < -0.4 is 0 Å². The second kappa shape index (κ2) is 5.40. The molecule has 0 bridgehead atoms. The molecule has 0 heterocycles. The van der Waals surface area contributed by atoms with Gasteiger partial charge < -0.3 is 0 Å². The Bertz CT molecular complexity index is 435. The highest BCUT2D eigenvalue weighted by Crippen LogP contribution is 2.43. The van der Waals surface area contributed by atoms with Gasteiger partial charge >= 0.3 is 6.18 Å². The normalized spacial score (nSPS) is 20.7. The molecule has 19 heavy (non-hydrogen) atoms. The molecule has 0 radical (unpaired) electrons. The number of allylic oxidation sites excluding steroid dienone is 8. The molecule has 0 atom stereocenters. The molecule has 0 aromatic rings. The van der Waals surface area contributed by atoms with E-state index in [0.717, 1.165) is 24.0 Å². The van der Waals surface area contributed by atoms with Crippen molar-refractivity contribution >= 4 is 0 Å². The molecule has 0 aromatic carbocycles. The van der Waals surface area contributed by atoms with E-state index in [0.29, 0.717) is 24.0 Å². The Morgan fingerprint density at radius 2 is 1.21 bits per heavy atom. The van der Waals surface area contributed by atoms with Gasteiger partial charge in [-0.3, -0.25) is 0 Å². The Balaban J connectivity index is 2.33. The maximum atomic E-state index is 13.4. The summed E-state index contributed by atoms with van der Waals surface area (Å²) in [5, 5.41) is 0. The Morgan fingerprint density at radius 3 is 1.47 bits per heavy atom. The SMILES string of the molecule is CC1=CC=C(C(C2=CC=C(C)CC2)C(F)(F)F)CC1. The first-order chi connectivity index (χ1) is 8.88. The second-order valence-corrected chi connectivity index (χ2v) is 5.48. The third-order valence-corrected chi connectivity index (χ3v) is 3.85. The van der Waals surface area contributed by atoms with Gasteiger partial charge in [0.15, 0.2) is 0 Å². The van der Waals surface area contributed by atoms with Gasteiger partial charge in [-0.2, -0.15) is 13.2 Å². The first-order valence-electron chi connectivity index (χ1n) is 6.67. The summed E-state index contributed by atoms with van der Waals surface area (Å²) >= 11 is 0. The van der Waals surface area contributed by atoms with Gasteiger partial charge in [-0.15, -0.1) is 0 Å². The second-order valence-electron chi connectivity index (χ2n) is 5.48. The summed E-state index contributed by atoms with van der Waals surface area (Å²) in [5.74, 6) is -1.39. The van der Waals surface area contributed by atoms with Crippen LogP contribution in [0.3, 0.4) is 0 Å². The molecule has 0 spiro atoms. The topological polar surface area (TPSA) is 0 Å². The minimum atomic E-state index is -4.18. The van der Waals surface area contributed by atoms with Gasteiger partial charge in [0.05, 0.1) is 5.92 Å². The molecule has 0 saturated heterocycles. The van der Waals surface area contributed by atoms with Crippen LogP contribution in [0.1, 0.15) is 39.5 Å². The molecule has 0 aliphatic heterocycles. The largest absolute Gasteiger partial charge is 0.399 e.